The first kappa shape index (κ1) is 15.4. The van der Waals surface area contributed by atoms with Gasteiger partial charge in [0.15, 0.2) is 0 Å². The summed E-state index contributed by atoms with van der Waals surface area (Å²) in [5, 5.41) is 5.26. The molecule has 1 N–H and O–H groups in total. The Kier molecular flexibility index (Phi) is 5.37. The van der Waals surface area contributed by atoms with Gasteiger partial charge in [-0.2, -0.15) is 0 Å². The molecule has 2 rings (SSSR count). The molecular formula is C14H11Cl3IN. The lowest BCUT2D eigenvalue weighted by Crippen LogP contribution is -2.18. The summed E-state index contributed by atoms with van der Waals surface area (Å²) < 4.78 is 1.03. The maximum atomic E-state index is 6.27. The maximum absolute atomic E-state index is 6.27. The number of halogens is 4. The molecule has 100 valence electrons. The van der Waals surface area contributed by atoms with Crippen LogP contribution in [0.5, 0.6) is 0 Å². The lowest BCUT2D eigenvalue weighted by atomic mass is 9.99. The van der Waals surface area contributed by atoms with Gasteiger partial charge in [0.05, 0.1) is 11.1 Å². The number of nitrogens with one attached hydrogen (secondary N) is 1. The highest BCUT2D eigenvalue weighted by Gasteiger charge is 2.16. The van der Waals surface area contributed by atoms with Crippen LogP contribution in [-0.4, -0.2) is 7.05 Å². The summed E-state index contributed by atoms with van der Waals surface area (Å²) in [5.41, 5.74) is 2.04. The topological polar surface area (TPSA) is 12.0 Å². The third-order valence-electron chi connectivity index (χ3n) is 2.84. The van der Waals surface area contributed by atoms with Crippen LogP contribution < -0.4 is 5.32 Å². The zero-order valence-corrected chi connectivity index (χ0v) is 14.5. The van der Waals surface area contributed by atoms with Gasteiger partial charge in [-0.15, -0.1) is 0 Å². The van der Waals surface area contributed by atoms with Crippen LogP contribution in [0.1, 0.15) is 17.2 Å². The molecule has 2 aromatic carbocycles. The van der Waals surface area contributed by atoms with Crippen molar-refractivity contribution in [1.82, 2.24) is 5.32 Å². The molecule has 0 fully saturated rings. The largest absolute Gasteiger partial charge is 0.309 e. The number of benzene rings is 2. The highest BCUT2D eigenvalue weighted by Crippen LogP contribution is 2.32. The van der Waals surface area contributed by atoms with E-state index in [1.807, 2.05) is 37.4 Å². The minimum Gasteiger partial charge on any atom is -0.309 e. The van der Waals surface area contributed by atoms with E-state index in [-0.39, 0.29) is 6.04 Å². The Balaban J connectivity index is 2.46. The first-order valence-electron chi connectivity index (χ1n) is 5.60. The van der Waals surface area contributed by atoms with Crippen LogP contribution in [0.3, 0.4) is 0 Å². The Labute approximate surface area is 141 Å². The Hall–Kier alpha value is -0.000000000000000167. The van der Waals surface area contributed by atoms with Crippen molar-refractivity contribution in [2.24, 2.45) is 0 Å². The van der Waals surface area contributed by atoms with Crippen LogP contribution in [0.4, 0.5) is 0 Å². The Morgan fingerprint density at radius 1 is 1.00 bits per heavy atom. The van der Waals surface area contributed by atoms with E-state index in [9.17, 15) is 0 Å². The molecule has 0 aromatic heterocycles. The Morgan fingerprint density at radius 2 is 1.74 bits per heavy atom. The van der Waals surface area contributed by atoms with Gasteiger partial charge < -0.3 is 5.32 Å². The van der Waals surface area contributed by atoms with E-state index in [0.29, 0.717) is 10.0 Å². The normalized spacial score (nSPS) is 12.5. The molecule has 0 aliphatic heterocycles. The Morgan fingerprint density at radius 3 is 2.32 bits per heavy atom. The van der Waals surface area contributed by atoms with Crippen LogP contribution in [-0.2, 0) is 0 Å². The SMILES string of the molecule is CNC(c1ccc(I)c(Cl)c1)c1ccc(Cl)cc1Cl. The standard InChI is InChI=1S/C14H11Cl3IN/c1-19-14(8-2-5-13(18)12(17)6-8)10-4-3-9(15)7-11(10)16/h2-7,14,19H,1H3. The zero-order chi connectivity index (χ0) is 14.0. The first-order valence-corrected chi connectivity index (χ1v) is 7.81. The van der Waals surface area contributed by atoms with E-state index >= 15 is 0 Å². The van der Waals surface area contributed by atoms with Crippen molar-refractivity contribution in [3.8, 4) is 0 Å². The van der Waals surface area contributed by atoms with Crippen LogP contribution in [0, 0.1) is 3.57 Å². The molecule has 0 radical (unpaired) electrons. The fourth-order valence-corrected chi connectivity index (χ4v) is 2.97. The predicted molar refractivity (Wildman–Crippen MR) is 91.5 cm³/mol. The van der Waals surface area contributed by atoms with Gasteiger partial charge in [0.25, 0.3) is 0 Å². The van der Waals surface area contributed by atoms with Crippen molar-refractivity contribution in [3.63, 3.8) is 0 Å². The molecule has 0 bridgehead atoms. The molecular weight excluding hydrogens is 415 g/mol. The predicted octanol–water partition coefficient (Wildman–Crippen LogP) is 5.56. The highest BCUT2D eigenvalue weighted by atomic mass is 127. The smallest absolute Gasteiger partial charge is 0.0589 e. The maximum Gasteiger partial charge on any atom is 0.0589 e. The summed E-state index contributed by atoms with van der Waals surface area (Å²) in [6.07, 6.45) is 0. The van der Waals surface area contributed by atoms with Crippen LogP contribution in [0.15, 0.2) is 36.4 Å². The molecule has 0 heterocycles. The summed E-state index contributed by atoms with van der Waals surface area (Å²) >= 11 is 20.6. The van der Waals surface area contributed by atoms with Crippen LogP contribution in [0.25, 0.3) is 0 Å². The van der Waals surface area contributed by atoms with Crippen molar-refractivity contribution in [1.29, 1.82) is 0 Å². The molecule has 2 aromatic rings. The number of hydrogen-bond donors (Lipinski definition) is 1. The lowest BCUT2D eigenvalue weighted by molar-refractivity contribution is 0.692. The van der Waals surface area contributed by atoms with E-state index < -0.39 is 0 Å². The van der Waals surface area contributed by atoms with E-state index in [4.69, 9.17) is 34.8 Å². The summed E-state index contributed by atoms with van der Waals surface area (Å²) in [5.74, 6) is 0. The van der Waals surface area contributed by atoms with Gasteiger partial charge in [-0.3, -0.25) is 0 Å². The molecule has 0 saturated carbocycles. The Bertz CT molecular complexity index is 601. The van der Waals surface area contributed by atoms with Crippen LogP contribution in [0.2, 0.25) is 15.1 Å². The van der Waals surface area contributed by atoms with Crippen LogP contribution >= 0.6 is 57.4 Å². The first-order chi connectivity index (χ1) is 9.02. The van der Waals surface area contributed by atoms with E-state index in [1.165, 1.54) is 0 Å². The highest BCUT2D eigenvalue weighted by molar-refractivity contribution is 14.1. The third kappa shape index (κ3) is 3.56. The molecule has 1 unspecified atom stereocenters. The summed E-state index contributed by atoms with van der Waals surface area (Å²) in [7, 11) is 1.89. The van der Waals surface area contributed by atoms with Crippen molar-refractivity contribution < 1.29 is 0 Å². The van der Waals surface area contributed by atoms with E-state index in [1.54, 1.807) is 6.07 Å². The van der Waals surface area contributed by atoms with Gasteiger partial charge in [0.1, 0.15) is 0 Å². The van der Waals surface area contributed by atoms with Gasteiger partial charge in [0.2, 0.25) is 0 Å². The average Bonchev–Trinajstić information content (AvgIpc) is 2.37. The molecule has 1 atom stereocenters. The molecule has 0 spiro atoms. The number of hydrogen-bond acceptors (Lipinski definition) is 1. The zero-order valence-electron chi connectivity index (χ0n) is 10.1. The molecule has 0 amide bonds. The summed E-state index contributed by atoms with van der Waals surface area (Å²) in [6.45, 7) is 0. The van der Waals surface area contributed by atoms with Gasteiger partial charge >= 0.3 is 0 Å². The second-order valence-electron chi connectivity index (χ2n) is 4.06. The van der Waals surface area contributed by atoms with Crippen molar-refractivity contribution in [2.45, 2.75) is 6.04 Å². The third-order valence-corrected chi connectivity index (χ3v) is 4.97. The fourth-order valence-electron chi connectivity index (χ4n) is 1.93. The van der Waals surface area contributed by atoms with Crippen molar-refractivity contribution in [2.75, 3.05) is 7.05 Å². The summed E-state index contributed by atoms with van der Waals surface area (Å²) in [4.78, 5) is 0. The molecule has 0 saturated heterocycles. The molecule has 0 aliphatic carbocycles. The second-order valence-corrected chi connectivity index (χ2v) is 6.47. The molecule has 5 heteroatoms. The van der Waals surface area contributed by atoms with Crippen molar-refractivity contribution >= 4 is 57.4 Å². The molecule has 0 aliphatic rings. The van der Waals surface area contributed by atoms with Gasteiger partial charge in [-0.05, 0) is 65.0 Å². The minimum atomic E-state index is -0.0146. The molecule has 1 nitrogen and oxygen atoms in total. The van der Waals surface area contributed by atoms with Crippen molar-refractivity contribution in [3.05, 3.63) is 66.2 Å². The molecule has 19 heavy (non-hydrogen) atoms. The van der Waals surface area contributed by atoms with Gasteiger partial charge in [-0.25, -0.2) is 0 Å². The minimum absolute atomic E-state index is 0.0146. The second kappa shape index (κ2) is 6.64. The quantitative estimate of drug-likeness (QED) is 0.634. The number of rotatable bonds is 3. The van der Waals surface area contributed by atoms with Gasteiger partial charge in [0, 0.05) is 13.6 Å². The monoisotopic (exact) mass is 425 g/mol. The fraction of sp³-hybridized carbons (Fsp3) is 0.143. The van der Waals surface area contributed by atoms with Gasteiger partial charge in [-0.1, -0.05) is 46.9 Å². The summed E-state index contributed by atoms with van der Waals surface area (Å²) in [6, 6.07) is 11.5. The van der Waals surface area contributed by atoms with E-state index in [2.05, 4.69) is 27.9 Å². The lowest BCUT2D eigenvalue weighted by Gasteiger charge is -2.19. The average molecular weight is 427 g/mol. The van der Waals surface area contributed by atoms with E-state index in [0.717, 1.165) is 19.7 Å².